The fourth-order valence-corrected chi connectivity index (χ4v) is 2.83. The number of anilines is 1. The molecule has 7 heteroatoms. The third-order valence-corrected chi connectivity index (χ3v) is 3.87. The second kappa shape index (κ2) is 4.87. The van der Waals surface area contributed by atoms with E-state index in [1.54, 1.807) is 24.3 Å². The second-order valence-corrected chi connectivity index (χ2v) is 5.64. The molecule has 0 spiro atoms. The SMILES string of the molecule is CC(=O)NNS(=O)(=O)c1ccc(N)c2ccccc12. The molecule has 0 radical (unpaired) electrons. The largest absolute Gasteiger partial charge is 0.398 e. The summed E-state index contributed by atoms with van der Waals surface area (Å²) in [5, 5.41) is 1.15. The number of benzene rings is 2. The number of carbonyl (C=O) groups is 1. The van der Waals surface area contributed by atoms with Gasteiger partial charge in [0.05, 0.1) is 4.90 Å². The molecular formula is C12H13N3O3S. The van der Waals surface area contributed by atoms with E-state index in [1.807, 2.05) is 4.83 Å². The number of rotatable bonds is 3. The summed E-state index contributed by atoms with van der Waals surface area (Å²) in [7, 11) is -3.84. The van der Waals surface area contributed by atoms with Gasteiger partial charge in [0.15, 0.2) is 0 Å². The van der Waals surface area contributed by atoms with E-state index < -0.39 is 15.9 Å². The average Bonchev–Trinajstić information content (AvgIpc) is 2.37. The molecule has 0 heterocycles. The Balaban J connectivity index is 2.57. The lowest BCUT2D eigenvalue weighted by Gasteiger charge is -2.10. The molecule has 0 saturated carbocycles. The molecule has 4 N–H and O–H groups in total. The molecule has 0 bridgehead atoms. The van der Waals surface area contributed by atoms with Crippen molar-refractivity contribution < 1.29 is 13.2 Å². The first kappa shape index (κ1) is 13.3. The van der Waals surface area contributed by atoms with Crippen LogP contribution in [0.15, 0.2) is 41.3 Å². The van der Waals surface area contributed by atoms with Crippen LogP contribution in [-0.4, -0.2) is 14.3 Å². The van der Waals surface area contributed by atoms with Gasteiger partial charge >= 0.3 is 0 Å². The van der Waals surface area contributed by atoms with Gasteiger partial charge in [0.1, 0.15) is 0 Å². The number of sulfonamides is 1. The van der Waals surface area contributed by atoms with Gasteiger partial charge in [0.2, 0.25) is 5.91 Å². The molecule has 0 atom stereocenters. The molecule has 0 saturated heterocycles. The van der Waals surface area contributed by atoms with Crippen molar-refractivity contribution in [2.75, 3.05) is 5.73 Å². The normalized spacial score (nSPS) is 11.4. The fraction of sp³-hybridized carbons (Fsp3) is 0.0833. The van der Waals surface area contributed by atoms with Gasteiger partial charge in [0.25, 0.3) is 10.0 Å². The Morgan fingerprint density at radius 3 is 2.37 bits per heavy atom. The second-order valence-electron chi connectivity index (χ2n) is 3.99. The highest BCUT2D eigenvalue weighted by Crippen LogP contribution is 2.27. The number of nitrogens with one attached hydrogen (secondary N) is 2. The highest BCUT2D eigenvalue weighted by atomic mass is 32.2. The standard InChI is InChI=1S/C12H13N3O3S/c1-8(16)14-15-19(17,18)12-7-6-11(13)9-4-2-3-5-10(9)12/h2-7,15H,13H2,1H3,(H,14,16). The molecule has 19 heavy (non-hydrogen) atoms. The zero-order chi connectivity index (χ0) is 14.0. The van der Waals surface area contributed by atoms with Gasteiger partial charge in [-0.2, -0.15) is 0 Å². The van der Waals surface area contributed by atoms with E-state index >= 15 is 0 Å². The van der Waals surface area contributed by atoms with Crippen LogP contribution >= 0.6 is 0 Å². The number of hydrogen-bond donors (Lipinski definition) is 3. The summed E-state index contributed by atoms with van der Waals surface area (Å²) in [6.45, 7) is 1.21. The molecule has 0 unspecified atom stereocenters. The quantitative estimate of drug-likeness (QED) is 0.570. The molecule has 0 aromatic heterocycles. The Hall–Kier alpha value is -2.12. The van der Waals surface area contributed by atoms with Crippen LogP contribution in [0.3, 0.4) is 0 Å². The summed E-state index contributed by atoms with van der Waals surface area (Å²) < 4.78 is 24.2. The molecule has 2 rings (SSSR count). The molecule has 1 amide bonds. The number of hydrogen-bond acceptors (Lipinski definition) is 4. The average molecular weight is 279 g/mol. The monoisotopic (exact) mass is 279 g/mol. The number of nitrogen functional groups attached to an aromatic ring is 1. The van der Waals surface area contributed by atoms with Crippen LogP contribution in [0.4, 0.5) is 5.69 Å². The summed E-state index contributed by atoms with van der Waals surface area (Å²) in [5.41, 5.74) is 8.36. The van der Waals surface area contributed by atoms with Gasteiger partial charge in [-0.05, 0) is 12.1 Å². The lowest BCUT2D eigenvalue weighted by atomic mass is 10.1. The maximum Gasteiger partial charge on any atom is 0.257 e. The lowest BCUT2D eigenvalue weighted by molar-refractivity contribution is -0.119. The first-order valence-electron chi connectivity index (χ1n) is 5.47. The number of carbonyl (C=O) groups excluding carboxylic acids is 1. The van der Waals surface area contributed by atoms with Gasteiger partial charge in [-0.25, -0.2) is 8.42 Å². The Morgan fingerprint density at radius 2 is 1.74 bits per heavy atom. The van der Waals surface area contributed by atoms with Crippen LogP contribution < -0.4 is 16.0 Å². The molecule has 100 valence electrons. The summed E-state index contributed by atoms with van der Waals surface area (Å²) in [4.78, 5) is 12.9. The molecule has 2 aromatic rings. The third kappa shape index (κ3) is 2.67. The summed E-state index contributed by atoms with van der Waals surface area (Å²) in [6, 6.07) is 9.82. The minimum atomic E-state index is -3.84. The van der Waals surface area contributed by atoms with Gasteiger partial charge in [-0.1, -0.05) is 24.3 Å². The topological polar surface area (TPSA) is 101 Å². The first-order chi connectivity index (χ1) is 8.92. The number of fused-ring (bicyclic) bond motifs is 1. The van der Waals surface area contributed by atoms with Crippen molar-refractivity contribution in [3.05, 3.63) is 36.4 Å². The number of nitrogens with two attached hydrogens (primary N) is 1. The van der Waals surface area contributed by atoms with Crippen LogP contribution in [0, 0.1) is 0 Å². The van der Waals surface area contributed by atoms with Crippen LogP contribution in [0.2, 0.25) is 0 Å². The summed E-state index contributed by atoms with van der Waals surface area (Å²) in [6.07, 6.45) is 0. The van der Waals surface area contributed by atoms with E-state index in [0.717, 1.165) is 0 Å². The number of amides is 1. The number of hydrazine groups is 1. The van der Waals surface area contributed by atoms with Gasteiger partial charge in [0, 0.05) is 23.4 Å². The highest BCUT2D eigenvalue weighted by molar-refractivity contribution is 7.89. The third-order valence-electron chi connectivity index (χ3n) is 2.57. The molecule has 0 aliphatic carbocycles. The van der Waals surface area contributed by atoms with Crippen LogP contribution in [0.25, 0.3) is 10.8 Å². The minimum absolute atomic E-state index is 0.0612. The Kier molecular flexibility index (Phi) is 3.41. The van der Waals surface area contributed by atoms with Crippen molar-refractivity contribution in [3.63, 3.8) is 0 Å². The molecule has 2 aromatic carbocycles. The van der Waals surface area contributed by atoms with E-state index in [-0.39, 0.29) is 4.90 Å². The van der Waals surface area contributed by atoms with Crippen molar-refractivity contribution in [2.45, 2.75) is 11.8 Å². The van der Waals surface area contributed by atoms with Crippen LogP contribution in [-0.2, 0) is 14.8 Å². The van der Waals surface area contributed by atoms with Crippen LogP contribution in [0.5, 0.6) is 0 Å². The van der Waals surface area contributed by atoms with E-state index in [0.29, 0.717) is 16.5 Å². The maximum atomic E-state index is 12.1. The Labute approximate surface area is 110 Å². The molecule has 0 aliphatic heterocycles. The van der Waals surface area contributed by atoms with Crippen molar-refractivity contribution in [3.8, 4) is 0 Å². The lowest BCUT2D eigenvalue weighted by Crippen LogP contribution is -2.40. The zero-order valence-corrected chi connectivity index (χ0v) is 11.0. The predicted molar refractivity (Wildman–Crippen MR) is 72.5 cm³/mol. The highest BCUT2D eigenvalue weighted by Gasteiger charge is 2.18. The first-order valence-corrected chi connectivity index (χ1v) is 6.96. The van der Waals surface area contributed by atoms with E-state index in [4.69, 9.17) is 5.73 Å². The van der Waals surface area contributed by atoms with Crippen molar-refractivity contribution in [2.24, 2.45) is 0 Å². The van der Waals surface area contributed by atoms with Crippen molar-refractivity contribution in [1.82, 2.24) is 10.3 Å². The molecule has 0 fully saturated rings. The van der Waals surface area contributed by atoms with Gasteiger partial charge in [-0.15, -0.1) is 4.83 Å². The van der Waals surface area contributed by atoms with Gasteiger partial charge in [-0.3, -0.25) is 10.2 Å². The molecule has 6 nitrogen and oxygen atoms in total. The zero-order valence-electron chi connectivity index (χ0n) is 10.2. The Morgan fingerprint density at radius 1 is 1.11 bits per heavy atom. The van der Waals surface area contributed by atoms with E-state index in [2.05, 4.69) is 5.43 Å². The summed E-state index contributed by atoms with van der Waals surface area (Å²) in [5.74, 6) is -0.497. The van der Waals surface area contributed by atoms with E-state index in [9.17, 15) is 13.2 Å². The minimum Gasteiger partial charge on any atom is -0.398 e. The Bertz CT molecular complexity index is 741. The van der Waals surface area contributed by atoms with E-state index in [1.165, 1.54) is 19.1 Å². The summed E-state index contributed by atoms with van der Waals surface area (Å²) >= 11 is 0. The maximum absolute atomic E-state index is 12.1. The van der Waals surface area contributed by atoms with Crippen molar-refractivity contribution >= 4 is 32.4 Å². The smallest absolute Gasteiger partial charge is 0.257 e. The molecular weight excluding hydrogens is 266 g/mol. The van der Waals surface area contributed by atoms with Crippen LogP contribution in [0.1, 0.15) is 6.92 Å². The van der Waals surface area contributed by atoms with Gasteiger partial charge < -0.3 is 5.73 Å². The van der Waals surface area contributed by atoms with Crippen molar-refractivity contribution in [1.29, 1.82) is 0 Å². The predicted octanol–water partition coefficient (Wildman–Crippen LogP) is 0.751. The fourth-order valence-electron chi connectivity index (χ4n) is 1.72. The molecule has 0 aliphatic rings.